The molecule has 1 aromatic rings. The fourth-order valence-corrected chi connectivity index (χ4v) is 0.749. The van der Waals surface area contributed by atoms with E-state index in [0.717, 1.165) is 0 Å². The van der Waals surface area contributed by atoms with Crippen LogP contribution in [0.15, 0.2) is 24.3 Å². The Morgan fingerprint density at radius 3 is 2.56 bits per heavy atom. The Morgan fingerprint density at radius 1 is 1.44 bits per heavy atom. The van der Waals surface area contributed by atoms with Crippen LogP contribution < -0.4 is 24.0 Å². The van der Waals surface area contributed by atoms with Crippen molar-refractivity contribution in [1.29, 1.82) is 0 Å². The third-order valence-corrected chi connectivity index (χ3v) is 1.33. The molecule has 0 aliphatic rings. The van der Waals surface area contributed by atoms with E-state index in [9.17, 15) is 4.11 Å². The van der Waals surface area contributed by atoms with E-state index in [-0.39, 0.29) is 18.9 Å². The summed E-state index contributed by atoms with van der Waals surface area (Å²) in [5.41, 5.74) is 0. The van der Waals surface area contributed by atoms with E-state index >= 15 is 0 Å². The molecule has 0 bridgehead atoms. The van der Waals surface area contributed by atoms with Gasteiger partial charge in [0, 0.05) is 0 Å². The Kier molecular flexibility index (Phi) is 4.79. The van der Waals surface area contributed by atoms with E-state index in [2.05, 4.69) is 6.07 Å². The van der Waals surface area contributed by atoms with E-state index in [1.807, 2.05) is 6.07 Å². The van der Waals surface area contributed by atoms with Crippen LogP contribution in [0.5, 0.6) is 0 Å². The molecule has 0 aromatic heterocycles. The summed E-state index contributed by atoms with van der Waals surface area (Å²) in [6.45, 7) is 0. The molecule has 0 unspecified atom stereocenters. The predicted molar refractivity (Wildman–Crippen MR) is 31.8 cm³/mol. The standard InChI is InChI=1S/C6H4FSi.Li/c7-8-6-4-2-1-3-5-6;/h1-4H;/q-1;+1. The van der Waals surface area contributed by atoms with Crippen LogP contribution in [-0.4, -0.2) is 9.85 Å². The van der Waals surface area contributed by atoms with Crippen molar-refractivity contribution in [2.45, 2.75) is 0 Å². The Balaban J connectivity index is 0.000000640. The average Bonchev–Trinajstić information content (AvgIpc) is 1.90. The van der Waals surface area contributed by atoms with Gasteiger partial charge in [0.2, 0.25) is 0 Å². The summed E-state index contributed by atoms with van der Waals surface area (Å²) < 4.78 is 11.7. The Bertz CT molecular complexity index is 154. The molecule has 0 spiro atoms. The van der Waals surface area contributed by atoms with Crippen LogP contribution in [0.2, 0.25) is 0 Å². The smallest absolute Gasteiger partial charge is 0.311 e. The van der Waals surface area contributed by atoms with Crippen LogP contribution >= 0.6 is 0 Å². The van der Waals surface area contributed by atoms with Gasteiger partial charge in [-0.25, -0.2) is 0 Å². The summed E-state index contributed by atoms with van der Waals surface area (Å²) in [6.07, 6.45) is 0. The molecule has 0 aliphatic heterocycles. The molecule has 9 heavy (non-hydrogen) atoms. The van der Waals surface area contributed by atoms with Crippen molar-refractivity contribution in [3.05, 3.63) is 30.3 Å². The molecule has 3 heteroatoms. The van der Waals surface area contributed by atoms with E-state index in [1.165, 1.54) is 0 Å². The quantitative estimate of drug-likeness (QED) is 0.228. The largest absolute Gasteiger partial charge is 1.00 e. The van der Waals surface area contributed by atoms with Crippen molar-refractivity contribution in [2.75, 3.05) is 0 Å². The summed E-state index contributed by atoms with van der Waals surface area (Å²) in [7, 11) is -0.626. The van der Waals surface area contributed by atoms with Gasteiger partial charge in [0.1, 0.15) is 0 Å². The van der Waals surface area contributed by atoms with Gasteiger partial charge in [0.15, 0.2) is 0 Å². The van der Waals surface area contributed by atoms with Crippen molar-refractivity contribution >= 4 is 15.0 Å². The van der Waals surface area contributed by atoms with Crippen LogP contribution in [0.1, 0.15) is 0 Å². The van der Waals surface area contributed by atoms with Crippen LogP contribution in [0, 0.1) is 6.07 Å². The first-order valence-corrected chi connectivity index (χ1v) is 3.14. The van der Waals surface area contributed by atoms with Crippen molar-refractivity contribution in [1.82, 2.24) is 0 Å². The molecule has 0 nitrogen and oxygen atoms in total. The summed E-state index contributed by atoms with van der Waals surface area (Å²) >= 11 is 0. The Hall–Kier alpha value is -0.0357. The molecule has 40 valence electrons. The van der Waals surface area contributed by atoms with Gasteiger partial charge in [0.05, 0.1) is 0 Å². The molecule has 2 radical (unpaired) electrons. The van der Waals surface area contributed by atoms with Gasteiger partial charge in [0.25, 0.3) is 0 Å². The molecular formula is C6H4FLiSi. The third kappa shape index (κ3) is 2.85. The number of benzene rings is 1. The van der Waals surface area contributed by atoms with Crippen molar-refractivity contribution in [3.8, 4) is 0 Å². The number of hydrogen-bond donors (Lipinski definition) is 0. The van der Waals surface area contributed by atoms with Gasteiger partial charge in [-0.15, -0.1) is 5.19 Å². The minimum absolute atomic E-state index is 0. The molecule has 0 aliphatic carbocycles. The van der Waals surface area contributed by atoms with E-state index < -0.39 is 9.85 Å². The van der Waals surface area contributed by atoms with Gasteiger partial charge in [-0.2, -0.15) is 30.3 Å². The molecule has 0 amide bonds. The van der Waals surface area contributed by atoms with Crippen molar-refractivity contribution in [2.24, 2.45) is 0 Å². The van der Waals surface area contributed by atoms with Gasteiger partial charge < -0.3 is 4.11 Å². The SMILES string of the molecule is F[Si]c1[c-]cccc1.[Li+]. The average molecular weight is 130 g/mol. The topological polar surface area (TPSA) is 0 Å². The number of rotatable bonds is 1. The molecule has 0 fully saturated rings. The maximum atomic E-state index is 11.7. The normalized spacial score (nSPS) is 8.11. The summed E-state index contributed by atoms with van der Waals surface area (Å²) in [5.74, 6) is 0. The first-order chi connectivity index (χ1) is 3.93. The van der Waals surface area contributed by atoms with Crippen molar-refractivity contribution in [3.63, 3.8) is 0 Å². The summed E-state index contributed by atoms with van der Waals surface area (Å²) in [6, 6.07) is 9.81. The molecule has 0 heterocycles. The van der Waals surface area contributed by atoms with Crippen LogP contribution in [0.25, 0.3) is 0 Å². The number of halogens is 1. The van der Waals surface area contributed by atoms with Gasteiger partial charge in [-0.1, -0.05) is 0 Å². The third-order valence-electron chi connectivity index (χ3n) is 0.811. The summed E-state index contributed by atoms with van der Waals surface area (Å²) in [5, 5.41) is 0.646. The van der Waals surface area contributed by atoms with Crippen molar-refractivity contribution < 1.29 is 23.0 Å². The zero-order valence-electron chi connectivity index (χ0n) is 5.19. The minimum atomic E-state index is -0.626. The predicted octanol–water partition coefficient (Wildman–Crippen LogP) is -2.30. The molecule has 0 saturated heterocycles. The van der Waals surface area contributed by atoms with Gasteiger partial charge in [-0.05, 0) is 0 Å². The first-order valence-electron chi connectivity index (χ1n) is 2.27. The molecule has 0 atom stereocenters. The maximum Gasteiger partial charge on any atom is 1.00 e. The van der Waals surface area contributed by atoms with Gasteiger partial charge >= 0.3 is 28.7 Å². The van der Waals surface area contributed by atoms with Crippen LogP contribution in [0.4, 0.5) is 4.11 Å². The molecular weight excluding hydrogens is 126 g/mol. The zero-order valence-corrected chi connectivity index (χ0v) is 6.19. The second-order valence-electron chi connectivity index (χ2n) is 1.37. The Morgan fingerprint density at radius 2 is 2.22 bits per heavy atom. The van der Waals surface area contributed by atoms with E-state index in [1.54, 1.807) is 18.2 Å². The fraction of sp³-hybridized carbons (Fsp3) is 0. The zero-order chi connectivity index (χ0) is 5.82. The van der Waals surface area contributed by atoms with E-state index in [0.29, 0.717) is 5.19 Å². The van der Waals surface area contributed by atoms with Crippen LogP contribution in [0.3, 0.4) is 0 Å². The maximum absolute atomic E-state index is 11.7. The monoisotopic (exact) mass is 130 g/mol. The fourth-order valence-electron chi connectivity index (χ4n) is 0.452. The second-order valence-corrected chi connectivity index (χ2v) is 2.10. The number of hydrogen-bond acceptors (Lipinski definition) is 0. The summed E-state index contributed by atoms with van der Waals surface area (Å²) in [4.78, 5) is 0. The molecule has 0 saturated carbocycles. The van der Waals surface area contributed by atoms with Crippen LogP contribution in [-0.2, 0) is 0 Å². The minimum Gasteiger partial charge on any atom is -0.311 e. The van der Waals surface area contributed by atoms with Gasteiger partial charge in [-0.3, -0.25) is 0 Å². The Labute approximate surface area is 68.6 Å². The van der Waals surface area contributed by atoms with E-state index in [4.69, 9.17) is 0 Å². The molecule has 1 rings (SSSR count). The second kappa shape index (κ2) is 4.81. The molecule has 0 N–H and O–H groups in total. The molecule has 1 aromatic carbocycles. The first kappa shape index (κ1) is 8.96.